The Kier molecular flexibility index (Phi) is 5.26. The predicted molar refractivity (Wildman–Crippen MR) is 129 cm³/mol. The summed E-state index contributed by atoms with van der Waals surface area (Å²) in [7, 11) is 1.67. The van der Waals surface area contributed by atoms with Crippen molar-refractivity contribution in [3.05, 3.63) is 59.0 Å². The maximum absolute atomic E-state index is 5.34. The number of thiophene rings is 2. The number of rotatable bonds is 7. The molecule has 0 N–H and O–H groups in total. The van der Waals surface area contributed by atoms with Gasteiger partial charge in [0.2, 0.25) is 0 Å². The summed E-state index contributed by atoms with van der Waals surface area (Å²) in [4.78, 5) is 11.8. The maximum Gasteiger partial charge on any atom is 0.198 e. The molecule has 0 aliphatic heterocycles. The van der Waals surface area contributed by atoms with Gasteiger partial charge in [-0.15, -0.1) is 32.9 Å². The third-order valence-electron chi connectivity index (χ3n) is 5.31. The summed E-state index contributed by atoms with van der Waals surface area (Å²) in [6, 6.07) is 15.0. The van der Waals surface area contributed by atoms with Gasteiger partial charge in [0.05, 0.1) is 10.3 Å². The lowest BCUT2D eigenvalue weighted by Crippen LogP contribution is -2.01. The number of nitrogens with zero attached hydrogens (tertiary/aromatic N) is 5. The van der Waals surface area contributed by atoms with E-state index in [0.29, 0.717) is 18.5 Å². The smallest absolute Gasteiger partial charge is 0.198 e. The van der Waals surface area contributed by atoms with Crippen molar-refractivity contribution in [1.82, 2.24) is 24.7 Å². The number of hydrogen-bond donors (Lipinski definition) is 0. The van der Waals surface area contributed by atoms with E-state index < -0.39 is 0 Å². The van der Waals surface area contributed by atoms with Crippen molar-refractivity contribution in [1.29, 1.82) is 0 Å². The molecule has 0 bridgehead atoms. The van der Waals surface area contributed by atoms with Gasteiger partial charge in [0.25, 0.3) is 0 Å². The fourth-order valence-electron chi connectivity index (χ4n) is 3.72. The highest BCUT2D eigenvalue weighted by molar-refractivity contribution is 7.99. The molecular formula is C23H19N5OS3. The van der Waals surface area contributed by atoms with E-state index in [4.69, 9.17) is 14.7 Å². The molecule has 1 aliphatic rings. The van der Waals surface area contributed by atoms with E-state index in [9.17, 15) is 0 Å². The van der Waals surface area contributed by atoms with Gasteiger partial charge >= 0.3 is 0 Å². The standard InChI is InChI=1S/C23H19N5OS3/c1-29-12-18-24-21-19(16(13-31-21)14-6-3-2-4-7-14)22(25-18)32-23-27-26-20(17-8-5-11-30-17)28(23)15-9-10-15/h2-8,11,13,15H,9-10,12H2,1H3. The van der Waals surface area contributed by atoms with Crippen molar-refractivity contribution in [3.63, 3.8) is 0 Å². The topological polar surface area (TPSA) is 65.7 Å². The van der Waals surface area contributed by atoms with Crippen LogP contribution in [0.15, 0.2) is 63.4 Å². The molecule has 4 aromatic heterocycles. The van der Waals surface area contributed by atoms with E-state index in [2.05, 4.69) is 61.9 Å². The molecule has 1 saturated carbocycles. The number of benzene rings is 1. The van der Waals surface area contributed by atoms with E-state index in [1.807, 2.05) is 6.07 Å². The zero-order valence-corrected chi connectivity index (χ0v) is 19.7. The molecule has 0 spiro atoms. The number of ether oxygens (including phenoxy) is 1. The van der Waals surface area contributed by atoms with E-state index in [0.717, 1.165) is 55.1 Å². The van der Waals surface area contributed by atoms with Crippen molar-refractivity contribution >= 4 is 44.7 Å². The molecule has 1 fully saturated rings. The number of aromatic nitrogens is 5. The second-order valence-corrected chi connectivity index (χ2v) is 10.3. The first-order chi connectivity index (χ1) is 15.8. The van der Waals surface area contributed by atoms with Crippen LogP contribution in [0.5, 0.6) is 0 Å². The Morgan fingerprint density at radius 1 is 1.06 bits per heavy atom. The molecule has 32 heavy (non-hydrogen) atoms. The minimum atomic E-state index is 0.373. The SMILES string of the molecule is COCc1nc(Sc2nnc(-c3cccs3)n2C2CC2)c2c(-c3ccccc3)csc2n1. The molecule has 5 aromatic rings. The molecule has 1 aromatic carbocycles. The van der Waals surface area contributed by atoms with Crippen LogP contribution in [0, 0.1) is 0 Å². The van der Waals surface area contributed by atoms with Crippen LogP contribution >= 0.6 is 34.4 Å². The van der Waals surface area contributed by atoms with Crippen molar-refractivity contribution in [2.45, 2.75) is 35.7 Å². The first-order valence-electron chi connectivity index (χ1n) is 10.3. The molecule has 0 atom stereocenters. The highest BCUT2D eigenvalue weighted by Gasteiger charge is 2.31. The summed E-state index contributed by atoms with van der Waals surface area (Å²) < 4.78 is 7.62. The van der Waals surface area contributed by atoms with Crippen molar-refractivity contribution in [3.8, 4) is 21.8 Å². The predicted octanol–water partition coefficient (Wildman–Crippen LogP) is 6.31. The van der Waals surface area contributed by atoms with Crippen LogP contribution in [-0.4, -0.2) is 31.8 Å². The second-order valence-electron chi connectivity index (χ2n) is 7.56. The van der Waals surface area contributed by atoms with Gasteiger partial charge in [0.15, 0.2) is 16.8 Å². The Bertz CT molecular complexity index is 1370. The fraction of sp³-hybridized carbons (Fsp3) is 0.217. The van der Waals surface area contributed by atoms with Crippen molar-refractivity contribution < 1.29 is 4.74 Å². The van der Waals surface area contributed by atoms with E-state index in [1.165, 1.54) is 0 Å². The van der Waals surface area contributed by atoms with E-state index in [1.54, 1.807) is 41.5 Å². The Hall–Kier alpha value is -2.59. The molecule has 6 nitrogen and oxygen atoms in total. The van der Waals surface area contributed by atoms with Crippen LogP contribution in [0.2, 0.25) is 0 Å². The molecule has 1 aliphatic carbocycles. The second kappa shape index (κ2) is 8.40. The van der Waals surface area contributed by atoms with Crippen LogP contribution in [0.25, 0.3) is 32.0 Å². The van der Waals surface area contributed by atoms with Gasteiger partial charge in [-0.25, -0.2) is 9.97 Å². The summed E-state index contributed by atoms with van der Waals surface area (Å²) >= 11 is 4.91. The van der Waals surface area contributed by atoms with Gasteiger partial charge in [0.1, 0.15) is 16.5 Å². The molecule has 0 amide bonds. The van der Waals surface area contributed by atoms with Crippen molar-refractivity contribution in [2.75, 3.05) is 7.11 Å². The quantitative estimate of drug-likeness (QED) is 0.256. The first-order valence-corrected chi connectivity index (χ1v) is 12.9. The summed E-state index contributed by atoms with van der Waals surface area (Å²) in [6.07, 6.45) is 2.32. The average Bonchev–Trinajstić information content (AvgIpc) is 3.19. The van der Waals surface area contributed by atoms with Gasteiger partial charge in [-0.1, -0.05) is 36.4 Å². The third-order valence-corrected chi connectivity index (χ3v) is 8.00. The molecule has 9 heteroatoms. The molecule has 0 unspecified atom stereocenters. The molecule has 160 valence electrons. The Morgan fingerprint density at radius 2 is 1.94 bits per heavy atom. The van der Waals surface area contributed by atoms with Gasteiger partial charge in [-0.3, -0.25) is 4.57 Å². The lowest BCUT2D eigenvalue weighted by Gasteiger charge is -2.10. The normalized spacial score (nSPS) is 13.8. The minimum absolute atomic E-state index is 0.373. The molecule has 0 saturated heterocycles. The molecule has 6 rings (SSSR count). The number of methoxy groups -OCH3 is 1. The lowest BCUT2D eigenvalue weighted by atomic mass is 10.1. The summed E-state index contributed by atoms with van der Waals surface area (Å²) in [5.41, 5.74) is 2.31. The zero-order chi connectivity index (χ0) is 21.5. The Labute approximate surface area is 197 Å². The van der Waals surface area contributed by atoms with E-state index in [-0.39, 0.29) is 0 Å². The number of fused-ring (bicyclic) bond motifs is 1. The van der Waals surface area contributed by atoms with Gasteiger partial charge in [0, 0.05) is 24.1 Å². The lowest BCUT2D eigenvalue weighted by molar-refractivity contribution is 0.177. The highest BCUT2D eigenvalue weighted by atomic mass is 32.2. The monoisotopic (exact) mass is 477 g/mol. The van der Waals surface area contributed by atoms with Gasteiger partial charge in [-0.05, 0) is 41.6 Å². The Morgan fingerprint density at radius 3 is 2.69 bits per heavy atom. The molecular weight excluding hydrogens is 458 g/mol. The zero-order valence-electron chi connectivity index (χ0n) is 17.3. The van der Waals surface area contributed by atoms with Crippen LogP contribution in [0.3, 0.4) is 0 Å². The number of hydrogen-bond acceptors (Lipinski definition) is 8. The van der Waals surface area contributed by atoms with Crippen LogP contribution in [0.4, 0.5) is 0 Å². The van der Waals surface area contributed by atoms with E-state index >= 15 is 0 Å². The minimum Gasteiger partial charge on any atom is -0.377 e. The van der Waals surface area contributed by atoms with Gasteiger partial charge < -0.3 is 4.74 Å². The highest BCUT2D eigenvalue weighted by Crippen LogP contribution is 2.45. The molecule has 0 radical (unpaired) electrons. The summed E-state index contributed by atoms with van der Waals surface area (Å²) in [5, 5.41) is 16.2. The van der Waals surface area contributed by atoms with Crippen LogP contribution in [0.1, 0.15) is 24.7 Å². The molecule has 4 heterocycles. The first kappa shape index (κ1) is 20.0. The third kappa shape index (κ3) is 3.65. The largest absolute Gasteiger partial charge is 0.377 e. The average molecular weight is 478 g/mol. The van der Waals surface area contributed by atoms with Gasteiger partial charge in [-0.2, -0.15) is 0 Å². The van der Waals surface area contributed by atoms with Crippen LogP contribution < -0.4 is 0 Å². The fourth-order valence-corrected chi connectivity index (χ4v) is 6.50. The van der Waals surface area contributed by atoms with Crippen LogP contribution in [-0.2, 0) is 11.3 Å². The Balaban J connectivity index is 1.50. The summed E-state index contributed by atoms with van der Waals surface area (Å²) in [5.74, 6) is 1.63. The van der Waals surface area contributed by atoms with Crippen molar-refractivity contribution in [2.24, 2.45) is 0 Å². The summed E-state index contributed by atoms with van der Waals surface area (Å²) in [6.45, 7) is 0.373. The maximum atomic E-state index is 5.34.